The van der Waals surface area contributed by atoms with Crippen LogP contribution in [-0.2, 0) is 0 Å². The van der Waals surface area contributed by atoms with Gasteiger partial charge in [0, 0.05) is 10.5 Å². The number of nitrogens with zero attached hydrogens (tertiary/aromatic N) is 1. The second-order valence-electron chi connectivity index (χ2n) is 3.44. The highest BCUT2D eigenvalue weighted by molar-refractivity contribution is 9.10. The molecule has 0 radical (unpaired) electrons. The van der Waals surface area contributed by atoms with E-state index < -0.39 is 0 Å². The first-order valence-electron chi connectivity index (χ1n) is 4.81. The number of pyridine rings is 1. The molecule has 0 saturated carbocycles. The van der Waals surface area contributed by atoms with Gasteiger partial charge in [0.25, 0.3) is 0 Å². The zero-order valence-corrected chi connectivity index (χ0v) is 10.4. The largest absolute Gasteiger partial charge is 0.439 e. The Bertz CT molecular complexity index is 514. The highest BCUT2D eigenvalue weighted by Gasteiger charge is 2.01. The minimum Gasteiger partial charge on any atom is -0.439 e. The van der Waals surface area contributed by atoms with Crippen LogP contribution in [0.15, 0.2) is 41.0 Å². The average molecular weight is 279 g/mol. The second-order valence-corrected chi connectivity index (χ2v) is 4.35. The van der Waals surface area contributed by atoms with E-state index in [0.717, 1.165) is 15.8 Å². The zero-order chi connectivity index (χ0) is 11.5. The van der Waals surface area contributed by atoms with Gasteiger partial charge in [0.05, 0.1) is 11.9 Å². The topological polar surface area (TPSA) is 48.1 Å². The molecule has 2 rings (SSSR count). The summed E-state index contributed by atoms with van der Waals surface area (Å²) in [6.07, 6.45) is 1.60. The molecule has 0 atom stereocenters. The maximum absolute atomic E-state index is 5.68. The number of benzene rings is 1. The third-order valence-electron chi connectivity index (χ3n) is 2.14. The summed E-state index contributed by atoms with van der Waals surface area (Å²) in [7, 11) is 0. The molecule has 0 amide bonds. The molecule has 0 aliphatic rings. The summed E-state index contributed by atoms with van der Waals surface area (Å²) in [5.41, 5.74) is 7.31. The molecule has 0 unspecified atom stereocenters. The van der Waals surface area contributed by atoms with Crippen LogP contribution in [-0.4, -0.2) is 4.98 Å². The second kappa shape index (κ2) is 4.53. The predicted molar refractivity (Wildman–Crippen MR) is 67.6 cm³/mol. The highest BCUT2D eigenvalue weighted by atomic mass is 79.9. The lowest BCUT2D eigenvalue weighted by Gasteiger charge is -2.06. The van der Waals surface area contributed by atoms with Gasteiger partial charge in [0.2, 0.25) is 5.88 Å². The number of aromatic nitrogens is 1. The van der Waals surface area contributed by atoms with Crippen LogP contribution in [0.2, 0.25) is 0 Å². The SMILES string of the molecule is Cc1cc(Oc2cccc(Br)c2)ncc1N. The van der Waals surface area contributed by atoms with Crippen molar-refractivity contribution in [3.8, 4) is 11.6 Å². The summed E-state index contributed by atoms with van der Waals surface area (Å²) in [5.74, 6) is 1.29. The van der Waals surface area contributed by atoms with Crippen molar-refractivity contribution in [2.45, 2.75) is 6.92 Å². The first-order valence-corrected chi connectivity index (χ1v) is 5.60. The summed E-state index contributed by atoms with van der Waals surface area (Å²) >= 11 is 3.38. The Morgan fingerprint density at radius 2 is 2.12 bits per heavy atom. The van der Waals surface area contributed by atoms with Gasteiger partial charge in [0.1, 0.15) is 5.75 Å². The van der Waals surface area contributed by atoms with Gasteiger partial charge in [-0.2, -0.15) is 0 Å². The predicted octanol–water partition coefficient (Wildman–Crippen LogP) is 3.53. The molecule has 16 heavy (non-hydrogen) atoms. The van der Waals surface area contributed by atoms with E-state index in [9.17, 15) is 0 Å². The zero-order valence-electron chi connectivity index (χ0n) is 8.77. The standard InChI is InChI=1S/C12H11BrN2O/c1-8-5-12(15-7-11(8)14)16-10-4-2-3-9(13)6-10/h2-7H,14H2,1H3. The van der Waals surface area contributed by atoms with E-state index >= 15 is 0 Å². The van der Waals surface area contributed by atoms with Crippen LogP contribution in [0, 0.1) is 6.92 Å². The number of anilines is 1. The lowest BCUT2D eigenvalue weighted by molar-refractivity contribution is 0.462. The van der Waals surface area contributed by atoms with Gasteiger partial charge >= 0.3 is 0 Å². The molecular formula is C12H11BrN2O. The minimum atomic E-state index is 0.546. The van der Waals surface area contributed by atoms with Gasteiger partial charge in [-0.05, 0) is 30.7 Å². The van der Waals surface area contributed by atoms with Gasteiger partial charge in [-0.25, -0.2) is 4.98 Å². The number of nitrogens with two attached hydrogens (primary N) is 1. The van der Waals surface area contributed by atoms with E-state index in [2.05, 4.69) is 20.9 Å². The molecular weight excluding hydrogens is 268 g/mol. The normalized spacial score (nSPS) is 10.1. The van der Waals surface area contributed by atoms with E-state index in [1.54, 1.807) is 6.20 Å². The minimum absolute atomic E-state index is 0.546. The van der Waals surface area contributed by atoms with Gasteiger partial charge < -0.3 is 10.5 Å². The summed E-state index contributed by atoms with van der Waals surface area (Å²) in [5, 5.41) is 0. The van der Waals surface area contributed by atoms with Crippen LogP contribution in [0.3, 0.4) is 0 Å². The Morgan fingerprint density at radius 1 is 1.31 bits per heavy atom. The molecule has 0 bridgehead atoms. The van der Waals surface area contributed by atoms with Crippen molar-refractivity contribution in [3.05, 3.63) is 46.6 Å². The monoisotopic (exact) mass is 278 g/mol. The maximum Gasteiger partial charge on any atom is 0.219 e. The molecule has 4 heteroatoms. The summed E-state index contributed by atoms with van der Waals surface area (Å²) < 4.78 is 6.57. The van der Waals surface area contributed by atoms with Crippen molar-refractivity contribution < 1.29 is 4.74 Å². The van der Waals surface area contributed by atoms with Crippen molar-refractivity contribution in [1.82, 2.24) is 4.98 Å². The van der Waals surface area contributed by atoms with Crippen LogP contribution in [0.1, 0.15) is 5.56 Å². The number of aryl methyl sites for hydroxylation is 1. The molecule has 0 aliphatic heterocycles. The number of rotatable bonds is 2. The number of hydrogen-bond donors (Lipinski definition) is 1. The molecule has 0 fully saturated rings. The van der Waals surface area contributed by atoms with E-state index in [0.29, 0.717) is 11.6 Å². The molecule has 2 aromatic rings. The average Bonchev–Trinajstić information content (AvgIpc) is 2.24. The quantitative estimate of drug-likeness (QED) is 0.914. The van der Waals surface area contributed by atoms with E-state index in [1.165, 1.54) is 0 Å². The number of halogens is 1. The van der Waals surface area contributed by atoms with Gasteiger partial charge in [-0.15, -0.1) is 0 Å². The molecule has 2 N–H and O–H groups in total. The van der Waals surface area contributed by atoms with Gasteiger partial charge in [0.15, 0.2) is 0 Å². The summed E-state index contributed by atoms with van der Waals surface area (Å²) in [4.78, 5) is 4.10. The Hall–Kier alpha value is -1.55. The van der Waals surface area contributed by atoms with Crippen LogP contribution >= 0.6 is 15.9 Å². The van der Waals surface area contributed by atoms with Crippen LogP contribution in [0.5, 0.6) is 11.6 Å². The summed E-state index contributed by atoms with van der Waals surface area (Å²) in [6.45, 7) is 1.92. The molecule has 1 aromatic heterocycles. The Balaban J connectivity index is 2.24. The van der Waals surface area contributed by atoms with E-state index in [1.807, 2.05) is 37.3 Å². The molecule has 3 nitrogen and oxygen atoms in total. The fraction of sp³-hybridized carbons (Fsp3) is 0.0833. The van der Waals surface area contributed by atoms with Crippen LogP contribution in [0.25, 0.3) is 0 Å². The third kappa shape index (κ3) is 2.52. The van der Waals surface area contributed by atoms with E-state index in [-0.39, 0.29) is 0 Å². The van der Waals surface area contributed by atoms with Gasteiger partial charge in [-0.3, -0.25) is 0 Å². The highest BCUT2D eigenvalue weighted by Crippen LogP contribution is 2.24. The Labute approximate surface area is 102 Å². The molecule has 82 valence electrons. The van der Waals surface area contributed by atoms with Crippen molar-refractivity contribution in [3.63, 3.8) is 0 Å². The van der Waals surface area contributed by atoms with Crippen LogP contribution in [0.4, 0.5) is 5.69 Å². The smallest absolute Gasteiger partial charge is 0.219 e. The molecule has 1 aromatic carbocycles. The lowest BCUT2D eigenvalue weighted by atomic mass is 10.2. The fourth-order valence-electron chi connectivity index (χ4n) is 1.25. The number of hydrogen-bond acceptors (Lipinski definition) is 3. The Morgan fingerprint density at radius 3 is 2.81 bits per heavy atom. The number of ether oxygens (including phenoxy) is 1. The number of nitrogen functional groups attached to an aromatic ring is 1. The van der Waals surface area contributed by atoms with E-state index in [4.69, 9.17) is 10.5 Å². The van der Waals surface area contributed by atoms with Crippen LogP contribution < -0.4 is 10.5 Å². The third-order valence-corrected chi connectivity index (χ3v) is 2.64. The first-order chi connectivity index (χ1) is 7.65. The van der Waals surface area contributed by atoms with Crippen molar-refractivity contribution in [1.29, 1.82) is 0 Å². The first kappa shape index (κ1) is 11.0. The molecule has 0 saturated heterocycles. The van der Waals surface area contributed by atoms with Gasteiger partial charge in [-0.1, -0.05) is 22.0 Å². The lowest BCUT2D eigenvalue weighted by Crippen LogP contribution is -1.93. The maximum atomic E-state index is 5.68. The van der Waals surface area contributed by atoms with Crippen molar-refractivity contribution in [2.24, 2.45) is 0 Å². The Kier molecular flexibility index (Phi) is 3.10. The fourth-order valence-corrected chi connectivity index (χ4v) is 1.63. The molecule has 1 heterocycles. The summed E-state index contributed by atoms with van der Waals surface area (Å²) in [6, 6.07) is 9.42. The van der Waals surface area contributed by atoms with Crippen molar-refractivity contribution in [2.75, 3.05) is 5.73 Å². The van der Waals surface area contributed by atoms with Crippen molar-refractivity contribution >= 4 is 21.6 Å². The molecule has 0 aliphatic carbocycles. The molecule has 0 spiro atoms.